The maximum Gasteiger partial charge on any atom is 0.341 e. The molecule has 0 aromatic rings. The predicted octanol–water partition coefficient (Wildman–Crippen LogP) is 3.19. The average Bonchev–Trinajstić information content (AvgIpc) is 1.85. The fraction of sp³-hybridized carbons (Fsp3) is 1.00. The fourth-order valence-corrected chi connectivity index (χ4v) is 2.64. The van der Waals surface area contributed by atoms with Crippen molar-refractivity contribution in [3.05, 3.63) is 0 Å². The highest BCUT2D eigenvalue weighted by Gasteiger charge is 2.23. The highest BCUT2D eigenvalue weighted by atomic mass is 35.8. The number of halogens is 3. The molecule has 1 nitrogen and oxygen atoms in total. The topological polar surface area (TPSA) is 20.2 Å². The van der Waals surface area contributed by atoms with E-state index in [4.69, 9.17) is 38.3 Å². The molecule has 0 saturated heterocycles. The van der Waals surface area contributed by atoms with Crippen LogP contribution in [0.3, 0.4) is 0 Å². The first-order valence-corrected chi connectivity index (χ1v) is 8.98. The Morgan fingerprint density at radius 2 is 1.45 bits per heavy atom. The molecule has 0 aliphatic heterocycles. The third-order valence-corrected chi connectivity index (χ3v) is 3.99. The zero-order chi connectivity index (χ0) is 8.74. The van der Waals surface area contributed by atoms with E-state index in [-0.39, 0.29) is 6.61 Å². The summed E-state index contributed by atoms with van der Waals surface area (Å²) in [7, 11) is 0. The van der Waals surface area contributed by atoms with Crippen LogP contribution in [-0.4, -0.2) is 17.7 Å². The highest BCUT2D eigenvalue weighted by Crippen LogP contribution is 2.27. The molecule has 5 heteroatoms. The standard InChI is InChI=1S/C6H13Cl3OSi/c7-11(8,9)6-4-2-1-3-5-10/h10H,1-6H2. The summed E-state index contributed by atoms with van der Waals surface area (Å²) < 4.78 is 0. The van der Waals surface area contributed by atoms with Crippen molar-refractivity contribution in [2.75, 3.05) is 6.61 Å². The summed E-state index contributed by atoms with van der Waals surface area (Å²) in [6, 6.07) is -1.62. The van der Waals surface area contributed by atoms with E-state index in [9.17, 15) is 0 Å². The Morgan fingerprint density at radius 1 is 0.909 bits per heavy atom. The van der Waals surface area contributed by atoms with Gasteiger partial charge in [-0.1, -0.05) is 19.3 Å². The SMILES string of the molecule is OCCCCCC[Si](Cl)(Cl)Cl. The molecule has 0 heterocycles. The lowest BCUT2D eigenvalue weighted by molar-refractivity contribution is 0.283. The van der Waals surface area contributed by atoms with Gasteiger partial charge in [-0.3, -0.25) is 0 Å². The molecule has 0 aromatic carbocycles. The Kier molecular flexibility index (Phi) is 7.17. The molecule has 0 fully saturated rings. The molecule has 68 valence electrons. The summed E-state index contributed by atoms with van der Waals surface area (Å²) in [5, 5.41) is 8.46. The van der Waals surface area contributed by atoms with Crippen LogP contribution in [0.2, 0.25) is 6.04 Å². The van der Waals surface area contributed by atoms with Gasteiger partial charge in [-0.05, 0) is 12.5 Å². The van der Waals surface area contributed by atoms with Crippen molar-refractivity contribution in [1.82, 2.24) is 0 Å². The monoisotopic (exact) mass is 234 g/mol. The molecule has 0 spiro atoms. The zero-order valence-corrected chi connectivity index (χ0v) is 9.59. The van der Waals surface area contributed by atoms with Crippen LogP contribution in [0, 0.1) is 0 Å². The van der Waals surface area contributed by atoms with Crippen LogP contribution in [0.1, 0.15) is 25.7 Å². The van der Waals surface area contributed by atoms with Crippen molar-refractivity contribution in [3.63, 3.8) is 0 Å². The molecular weight excluding hydrogens is 223 g/mol. The fourth-order valence-electron chi connectivity index (χ4n) is 0.791. The molecule has 0 saturated carbocycles. The van der Waals surface area contributed by atoms with Crippen molar-refractivity contribution in [1.29, 1.82) is 0 Å². The second-order valence-electron chi connectivity index (χ2n) is 2.50. The number of hydrogen-bond donors (Lipinski definition) is 1. The Balaban J connectivity index is 3.02. The second-order valence-corrected chi connectivity index (χ2v) is 11.8. The number of unbranched alkanes of at least 4 members (excludes halogenated alkanes) is 3. The van der Waals surface area contributed by atoms with Gasteiger partial charge in [0.05, 0.1) is 0 Å². The van der Waals surface area contributed by atoms with Gasteiger partial charge in [0.1, 0.15) is 0 Å². The number of rotatable bonds is 6. The quantitative estimate of drug-likeness (QED) is 0.426. The molecule has 11 heavy (non-hydrogen) atoms. The third kappa shape index (κ3) is 11.0. The van der Waals surface area contributed by atoms with Gasteiger partial charge in [0.25, 0.3) is 0 Å². The Morgan fingerprint density at radius 3 is 1.91 bits per heavy atom. The first-order valence-electron chi connectivity index (χ1n) is 3.74. The van der Waals surface area contributed by atoms with Crippen LogP contribution in [0.4, 0.5) is 0 Å². The summed E-state index contributed by atoms with van der Waals surface area (Å²) in [6.45, 7) is 0.269. The van der Waals surface area contributed by atoms with Crippen LogP contribution in [0.25, 0.3) is 0 Å². The lowest BCUT2D eigenvalue weighted by Crippen LogP contribution is -2.07. The van der Waals surface area contributed by atoms with Crippen LogP contribution < -0.4 is 0 Å². The van der Waals surface area contributed by atoms with Gasteiger partial charge in [-0.25, -0.2) is 0 Å². The molecule has 1 N–H and O–H groups in total. The van der Waals surface area contributed by atoms with Crippen LogP contribution in [0.15, 0.2) is 0 Å². The molecule has 0 unspecified atom stereocenters. The third-order valence-electron chi connectivity index (χ3n) is 1.37. The van der Waals surface area contributed by atoms with E-state index < -0.39 is 6.00 Å². The highest BCUT2D eigenvalue weighted by molar-refractivity contribution is 7.64. The van der Waals surface area contributed by atoms with E-state index in [2.05, 4.69) is 0 Å². The van der Waals surface area contributed by atoms with E-state index in [1.165, 1.54) is 0 Å². The normalized spacial score (nSPS) is 12.0. The predicted molar refractivity (Wildman–Crippen MR) is 53.7 cm³/mol. The Hall–Kier alpha value is 1.05. The second kappa shape index (κ2) is 6.55. The minimum absolute atomic E-state index is 0.269. The zero-order valence-electron chi connectivity index (χ0n) is 6.32. The molecule has 0 rings (SSSR count). The Labute approximate surface area is 82.8 Å². The van der Waals surface area contributed by atoms with Crippen molar-refractivity contribution >= 4 is 39.2 Å². The smallest absolute Gasteiger partial charge is 0.341 e. The van der Waals surface area contributed by atoms with E-state index in [0.29, 0.717) is 0 Å². The van der Waals surface area contributed by atoms with Gasteiger partial charge < -0.3 is 5.11 Å². The molecule has 0 amide bonds. The largest absolute Gasteiger partial charge is 0.396 e. The van der Waals surface area contributed by atoms with Crippen molar-refractivity contribution < 1.29 is 5.11 Å². The lowest BCUT2D eigenvalue weighted by Gasteiger charge is -2.05. The molecule has 0 radical (unpaired) electrons. The first-order chi connectivity index (χ1) is 5.06. The molecule has 0 bridgehead atoms. The maximum atomic E-state index is 8.46. The minimum atomic E-state index is -2.36. The van der Waals surface area contributed by atoms with Gasteiger partial charge >= 0.3 is 6.00 Å². The van der Waals surface area contributed by atoms with Gasteiger partial charge in [0, 0.05) is 6.61 Å². The van der Waals surface area contributed by atoms with Crippen LogP contribution >= 0.6 is 33.2 Å². The average molecular weight is 236 g/mol. The summed E-state index contributed by atoms with van der Waals surface area (Å²) in [5.74, 6) is 0. The summed E-state index contributed by atoms with van der Waals surface area (Å²) in [5.41, 5.74) is 0. The van der Waals surface area contributed by atoms with E-state index in [1.807, 2.05) is 0 Å². The number of aliphatic hydroxyl groups is 1. The summed E-state index contributed by atoms with van der Waals surface area (Å²) in [6.07, 6.45) is 3.93. The van der Waals surface area contributed by atoms with Crippen LogP contribution in [-0.2, 0) is 0 Å². The van der Waals surface area contributed by atoms with Gasteiger partial charge in [-0.2, -0.15) is 0 Å². The summed E-state index contributed by atoms with van der Waals surface area (Å²) in [4.78, 5) is 0. The Bertz CT molecular complexity index is 94.3. The van der Waals surface area contributed by atoms with Crippen molar-refractivity contribution in [2.45, 2.75) is 31.7 Å². The maximum absolute atomic E-state index is 8.46. The summed E-state index contributed by atoms with van der Waals surface area (Å²) >= 11 is 17.0. The van der Waals surface area contributed by atoms with E-state index in [0.717, 1.165) is 31.7 Å². The van der Waals surface area contributed by atoms with Crippen LogP contribution in [0.5, 0.6) is 0 Å². The van der Waals surface area contributed by atoms with E-state index in [1.54, 1.807) is 0 Å². The first kappa shape index (κ1) is 12.0. The van der Waals surface area contributed by atoms with Gasteiger partial charge in [-0.15, -0.1) is 33.2 Å². The van der Waals surface area contributed by atoms with Gasteiger partial charge in [0.15, 0.2) is 0 Å². The van der Waals surface area contributed by atoms with Crippen molar-refractivity contribution in [2.24, 2.45) is 0 Å². The lowest BCUT2D eigenvalue weighted by atomic mass is 10.2. The van der Waals surface area contributed by atoms with E-state index >= 15 is 0 Å². The number of hydrogen-bond acceptors (Lipinski definition) is 1. The van der Waals surface area contributed by atoms with Crippen molar-refractivity contribution in [3.8, 4) is 0 Å². The molecule has 0 aliphatic carbocycles. The number of aliphatic hydroxyl groups excluding tert-OH is 1. The molecule has 0 aliphatic rings. The molecule has 0 aromatic heterocycles. The molecule has 0 atom stereocenters. The minimum Gasteiger partial charge on any atom is -0.396 e. The van der Waals surface area contributed by atoms with Gasteiger partial charge in [0.2, 0.25) is 0 Å². The molecular formula is C6H13Cl3OSi.